The molecule has 1 amide bonds. The highest BCUT2D eigenvalue weighted by Crippen LogP contribution is 2.13. The SMILES string of the molecule is COC(=O)C(NCC(=O)NCC(C)C)c1ccccc1. The average molecular weight is 278 g/mol. The standard InChI is InChI=1S/C15H22N2O3/c1-11(2)9-16-13(18)10-17-14(15(19)20-3)12-7-5-4-6-8-12/h4-8,11,14,17H,9-10H2,1-3H3,(H,16,18). The average Bonchev–Trinajstić information content (AvgIpc) is 2.46. The van der Waals surface area contributed by atoms with E-state index in [9.17, 15) is 9.59 Å². The fourth-order valence-electron chi connectivity index (χ4n) is 1.68. The van der Waals surface area contributed by atoms with Crippen molar-refractivity contribution in [1.82, 2.24) is 10.6 Å². The van der Waals surface area contributed by atoms with E-state index in [1.54, 1.807) is 0 Å². The summed E-state index contributed by atoms with van der Waals surface area (Å²) in [7, 11) is 1.33. The molecule has 0 spiro atoms. The molecule has 5 heteroatoms. The van der Waals surface area contributed by atoms with Crippen LogP contribution in [0.3, 0.4) is 0 Å². The highest BCUT2D eigenvalue weighted by atomic mass is 16.5. The molecule has 0 aliphatic heterocycles. The molecule has 1 aromatic rings. The Bertz CT molecular complexity index is 432. The Hall–Kier alpha value is -1.88. The molecule has 20 heavy (non-hydrogen) atoms. The van der Waals surface area contributed by atoms with E-state index in [0.717, 1.165) is 5.56 Å². The van der Waals surface area contributed by atoms with Gasteiger partial charge in [0, 0.05) is 6.54 Å². The lowest BCUT2D eigenvalue weighted by Gasteiger charge is -2.17. The number of benzene rings is 1. The summed E-state index contributed by atoms with van der Waals surface area (Å²) >= 11 is 0. The van der Waals surface area contributed by atoms with Crippen LogP contribution in [0.5, 0.6) is 0 Å². The quantitative estimate of drug-likeness (QED) is 0.737. The first-order valence-electron chi connectivity index (χ1n) is 6.67. The molecule has 1 aromatic carbocycles. The van der Waals surface area contributed by atoms with Crippen molar-refractivity contribution in [3.05, 3.63) is 35.9 Å². The van der Waals surface area contributed by atoms with Crippen molar-refractivity contribution >= 4 is 11.9 Å². The van der Waals surface area contributed by atoms with Gasteiger partial charge in [0.25, 0.3) is 0 Å². The highest BCUT2D eigenvalue weighted by molar-refractivity contribution is 5.81. The molecule has 1 unspecified atom stereocenters. The van der Waals surface area contributed by atoms with Crippen molar-refractivity contribution in [3.8, 4) is 0 Å². The number of nitrogens with one attached hydrogen (secondary N) is 2. The topological polar surface area (TPSA) is 67.4 Å². The Labute approximate surface area is 119 Å². The van der Waals surface area contributed by atoms with Crippen LogP contribution in [0.2, 0.25) is 0 Å². The fourth-order valence-corrected chi connectivity index (χ4v) is 1.68. The maximum atomic E-state index is 11.8. The lowest BCUT2D eigenvalue weighted by atomic mass is 10.1. The second-order valence-electron chi connectivity index (χ2n) is 4.95. The van der Waals surface area contributed by atoms with Crippen LogP contribution in [-0.2, 0) is 14.3 Å². The van der Waals surface area contributed by atoms with Crippen LogP contribution in [-0.4, -0.2) is 32.1 Å². The third-order valence-electron chi connectivity index (χ3n) is 2.74. The number of hydrogen-bond donors (Lipinski definition) is 2. The predicted octanol–water partition coefficient (Wildman–Crippen LogP) is 1.26. The van der Waals surface area contributed by atoms with Gasteiger partial charge in [0.15, 0.2) is 0 Å². The number of amides is 1. The zero-order valence-electron chi connectivity index (χ0n) is 12.2. The smallest absolute Gasteiger partial charge is 0.327 e. The lowest BCUT2D eigenvalue weighted by molar-refractivity contribution is -0.143. The van der Waals surface area contributed by atoms with Gasteiger partial charge in [-0.25, -0.2) is 4.79 Å². The predicted molar refractivity (Wildman–Crippen MR) is 77.0 cm³/mol. The number of carbonyl (C=O) groups is 2. The molecule has 0 heterocycles. The van der Waals surface area contributed by atoms with E-state index in [1.165, 1.54) is 7.11 Å². The molecule has 0 aliphatic carbocycles. The normalized spacial score (nSPS) is 12.0. The first kappa shape index (κ1) is 16.2. The third kappa shape index (κ3) is 5.40. The van der Waals surface area contributed by atoms with Gasteiger partial charge in [-0.2, -0.15) is 0 Å². The van der Waals surface area contributed by atoms with E-state index < -0.39 is 12.0 Å². The molecular formula is C15H22N2O3. The van der Waals surface area contributed by atoms with Crippen molar-refractivity contribution < 1.29 is 14.3 Å². The highest BCUT2D eigenvalue weighted by Gasteiger charge is 2.21. The Kier molecular flexibility index (Phi) is 6.73. The zero-order valence-corrected chi connectivity index (χ0v) is 12.2. The number of rotatable bonds is 7. The Balaban J connectivity index is 2.59. The minimum atomic E-state index is -0.633. The Morgan fingerprint density at radius 1 is 1.20 bits per heavy atom. The van der Waals surface area contributed by atoms with E-state index in [1.807, 2.05) is 44.2 Å². The summed E-state index contributed by atoms with van der Waals surface area (Å²) in [4.78, 5) is 23.4. The van der Waals surface area contributed by atoms with E-state index in [4.69, 9.17) is 4.74 Å². The maximum Gasteiger partial charge on any atom is 0.327 e. The van der Waals surface area contributed by atoms with Crippen LogP contribution in [0.15, 0.2) is 30.3 Å². The summed E-state index contributed by atoms with van der Waals surface area (Å²) in [6, 6.07) is 8.55. The minimum absolute atomic E-state index is 0.0708. The molecule has 0 bridgehead atoms. The minimum Gasteiger partial charge on any atom is -0.468 e. The first-order chi connectivity index (χ1) is 9.54. The van der Waals surface area contributed by atoms with Crippen molar-refractivity contribution in [3.63, 3.8) is 0 Å². The van der Waals surface area contributed by atoms with Gasteiger partial charge in [0.05, 0.1) is 13.7 Å². The van der Waals surface area contributed by atoms with Crippen molar-refractivity contribution in [2.75, 3.05) is 20.2 Å². The molecule has 0 radical (unpaired) electrons. The Morgan fingerprint density at radius 3 is 2.40 bits per heavy atom. The number of esters is 1. The molecule has 1 rings (SSSR count). The summed E-state index contributed by atoms with van der Waals surface area (Å²) in [5, 5.41) is 5.72. The fraction of sp³-hybridized carbons (Fsp3) is 0.467. The second-order valence-corrected chi connectivity index (χ2v) is 4.95. The summed E-state index contributed by atoms with van der Waals surface area (Å²) in [6.45, 7) is 4.74. The van der Waals surface area contributed by atoms with Gasteiger partial charge in [-0.1, -0.05) is 44.2 Å². The maximum absolute atomic E-state index is 11.8. The van der Waals surface area contributed by atoms with Crippen LogP contribution in [0, 0.1) is 5.92 Å². The van der Waals surface area contributed by atoms with Crippen molar-refractivity contribution in [2.24, 2.45) is 5.92 Å². The van der Waals surface area contributed by atoms with Gasteiger partial charge in [-0.3, -0.25) is 10.1 Å². The van der Waals surface area contributed by atoms with Crippen LogP contribution >= 0.6 is 0 Å². The first-order valence-corrected chi connectivity index (χ1v) is 6.67. The molecule has 1 atom stereocenters. The van der Waals surface area contributed by atoms with Crippen LogP contribution in [0.4, 0.5) is 0 Å². The number of hydrogen-bond acceptors (Lipinski definition) is 4. The van der Waals surface area contributed by atoms with Crippen molar-refractivity contribution in [2.45, 2.75) is 19.9 Å². The van der Waals surface area contributed by atoms with E-state index >= 15 is 0 Å². The summed E-state index contributed by atoms with van der Waals surface area (Å²) in [5.74, 6) is -0.152. The molecule has 0 aromatic heterocycles. The van der Waals surface area contributed by atoms with E-state index in [-0.39, 0.29) is 12.5 Å². The Morgan fingerprint density at radius 2 is 1.85 bits per heavy atom. The van der Waals surface area contributed by atoms with E-state index in [2.05, 4.69) is 10.6 Å². The van der Waals surface area contributed by atoms with Gasteiger partial charge >= 0.3 is 5.97 Å². The van der Waals surface area contributed by atoms with E-state index in [0.29, 0.717) is 12.5 Å². The molecule has 0 saturated carbocycles. The van der Waals surface area contributed by atoms with Gasteiger partial charge in [-0.15, -0.1) is 0 Å². The zero-order chi connectivity index (χ0) is 15.0. The van der Waals surface area contributed by atoms with Crippen LogP contribution in [0.25, 0.3) is 0 Å². The monoisotopic (exact) mass is 278 g/mol. The summed E-state index contributed by atoms with van der Waals surface area (Å²) in [6.07, 6.45) is 0. The molecule has 0 saturated heterocycles. The van der Waals surface area contributed by atoms with Crippen LogP contribution in [0.1, 0.15) is 25.5 Å². The molecule has 0 fully saturated rings. The molecule has 110 valence electrons. The number of ether oxygens (including phenoxy) is 1. The molecule has 0 aliphatic rings. The largest absolute Gasteiger partial charge is 0.468 e. The molecule has 2 N–H and O–H groups in total. The third-order valence-corrected chi connectivity index (χ3v) is 2.74. The number of carbonyl (C=O) groups excluding carboxylic acids is 2. The molecular weight excluding hydrogens is 256 g/mol. The summed E-state index contributed by atoms with van der Waals surface area (Å²) < 4.78 is 4.76. The van der Waals surface area contributed by atoms with Gasteiger partial charge in [-0.05, 0) is 11.5 Å². The van der Waals surface area contributed by atoms with Gasteiger partial charge in [0.1, 0.15) is 6.04 Å². The number of methoxy groups -OCH3 is 1. The van der Waals surface area contributed by atoms with Crippen molar-refractivity contribution in [1.29, 1.82) is 0 Å². The lowest BCUT2D eigenvalue weighted by Crippen LogP contribution is -2.39. The van der Waals surface area contributed by atoms with Crippen LogP contribution < -0.4 is 10.6 Å². The molecule has 5 nitrogen and oxygen atoms in total. The summed E-state index contributed by atoms with van der Waals surface area (Å²) in [5.41, 5.74) is 0.774. The van der Waals surface area contributed by atoms with Gasteiger partial charge in [0.2, 0.25) is 5.91 Å². The van der Waals surface area contributed by atoms with Gasteiger partial charge < -0.3 is 10.1 Å². The second kappa shape index (κ2) is 8.32.